The highest BCUT2D eigenvalue weighted by Crippen LogP contribution is 2.29. The van der Waals surface area contributed by atoms with Gasteiger partial charge in [-0.15, -0.1) is 0 Å². The topological polar surface area (TPSA) is 50.7 Å². The van der Waals surface area contributed by atoms with E-state index in [0.29, 0.717) is 11.0 Å². The molecular formula is C22H15N3O. The molecule has 0 bridgehead atoms. The third kappa shape index (κ3) is 2.24. The van der Waals surface area contributed by atoms with E-state index in [9.17, 15) is 4.79 Å². The molecule has 0 aliphatic heterocycles. The van der Waals surface area contributed by atoms with Gasteiger partial charge in [-0.05, 0) is 34.5 Å². The van der Waals surface area contributed by atoms with Crippen LogP contribution in [0.15, 0.2) is 89.9 Å². The molecule has 0 fully saturated rings. The van der Waals surface area contributed by atoms with E-state index in [-0.39, 0.29) is 5.56 Å². The van der Waals surface area contributed by atoms with Crippen molar-refractivity contribution in [2.45, 2.75) is 0 Å². The summed E-state index contributed by atoms with van der Waals surface area (Å²) in [5.41, 5.74) is 3.29. The Morgan fingerprint density at radius 2 is 1.58 bits per heavy atom. The molecule has 0 spiro atoms. The zero-order valence-electron chi connectivity index (χ0n) is 13.9. The Labute approximate surface area is 149 Å². The van der Waals surface area contributed by atoms with Gasteiger partial charge in [0.05, 0.1) is 11.1 Å². The molecule has 0 radical (unpaired) electrons. The molecule has 0 atom stereocenters. The number of fused-ring (bicyclic) bond motifs is 2. The number of hydrogen-bond donors (Lipinski definition) is 1. The molecule has 5 rings (SSSR count). The summed E-state index contributed by atoms with van der Waals surface area (Å²) in [7, 11) is 0. The largest absolute Gasteiger partial charge is 0.280 e. The van der Waals surface area contributed by atoms with Crippen LogP contribution >= 0.6 is 0 Å². The Bertz CT molecular complexity index is 1290. The fourth-order valence-corrected chi connectivity index (χ4v) is 3.38. The van der Waals surface area contributed by atoms with Crippen LogP contribution in [0.3, 0.4) is 0 Å². The Balaban J connectivity index is 1.74. The molecule has 0 aliphatic rings. The second-order valence-electron chi connectivity index (χ2n) is 6.23. The van der Waals surface area contributed by atoms with Crippen LogP contribution in [0, 0.1) is 0 Å². The van der Waals surface area contributed by atoms with Crippen LogP contribution in [-0.4, -0.2) is 14.8 Å². The van der Waals surface area contributed by atoms with E-state index < -0.39 is 0 Å². The lowest BCUT2D eigenvalue weighted by Crippen LogP contribution is -2.13. The highest BCUT2D eigenvalue weighted by atomic mass is 16.1. The standard InChI is InChI=1S/C22H15N3O/c26-22-20-13-16(19-12-6-8-15-7-4-5-11-18(15)19)14-23-21(20)24-25(22)17-9-2-1-3-10-17/h1-14H,(H,23,24). The summed E-state index contributed by atoms with van der Waals surface area (Å²) in [6.07, 6.45) is 1.81. The summed E-state index contributed by atoms with van der Waals surface area (Å²) in [5, 5.41) is 5.99. The predicted molar refractivity (Wildman–Crippen MR) is 105 cm³/mol. The maximum absolute atomic E-state index is 12.9. The van der Waals surface area contributed by atoms with Crippen molar-refractivity contribution in [3.8, 4) is 16.8 Å². The summed E-state index contributed by atoms with van der Waals surface area (Å²) < 4.78 is 1.53. The van der Waals surface area contributed by atoms with Gasteiger partial charge >= 0.3 is 0 Å². The van der Waals surface area contributed by atoms with Crippen LogP contribution in [0.25, 0.3) is 38.6 Å². The Morgan fingerprint density at radius 1 is 0.808 bits per heavy atom. The number of nitrogens with zero attached hydrogens (tertiary/aromatic N) is 2. The summed E-state index contributed by atoms with van der Waals surface area (Å²) in [5.74, 6) is 0. The van der Waals surface area contributed by atoms with Gasteiger partial charge in [-0.25, -0.2) is 9.67 Å². The molecule has 0 unspecified atom stereocenters. The molecule has 4 heteroatoms. The van der Waals surface area contributed by atoms with Crippen LogP contribution in [0.1, 0.15) is 0 Å². The fourth-order valence-electron chi connectivity index (χ4n) is 3.38. The molecule has 2 heterocycles. The van der Waals surface area contributed by atoms with Gasteiger partial charge in [0, 0.05) is 11.8 Å². The van der Waals surface area contributed by atoms with E-state index in [4.69, 9.17) is 0 Å². The number of benzene rings is 3. The van der Waals surface area contributed by atoms with Gasteiger partial charge in [-0.1, -0.05) is 60.7 Å². The molecule has 2 aromatic heterocycles. The first-order chi connectivity index (χ1) is 12.8. The Hall–Kier alpha value is -3.66. The van der Waals surface area contributed by atoms with Gasteiger partial charge in [0.1, 0.15) is 0 Å². The summed E-state index contributed by atoms with van der Waals surface area (Å²) >= 11 is 0. The molecule has 0 saturated heterocycles. The summed E-state index contributed by atoms with van der Waals surface area (Å²) in [4.78, 5) is 17.4. The first-order valence-electron chi connectivity index (χ1n) is 8.45. The molecule has 0 amide bonds. The monoisotopic (exact) mass is 337 g/mol. The summed E-state index contributed by atoms with van der Waals surface area (Å²) in [6.45, 7) is 0. The van der Waals surface area contributed by atoms with E-state index in [0.717, 1.165) is 22.2 Å². The number of para-hydroxylation sites is 1. The maximum atomic E-state index is 12.9. The van der Waals surface area contributed by atoms with Gasteiger partial charge in [0.25, 0.3) is 5.56 Å². The molecular weight excluding hydrogens is 322 g/mol. The van der Waals surface area contributed by atoms with Crippen molar-refractivity contribution in [2.75, 3.05) is 0 Å². The van der Waals surface area contributed by atoms with Crippen LogP contribution in [0.5, 0.6) is 0 Å². The number of nitrogens with one attached hydrogen (secondary N) is 1. The molecule has 3 aromatic carbocycles. The number of H-pyrrole nitrogens is 1. The van der Waals surface area contributed by atoms with Crippen LogP contribution in [-0.2, 0) is 0 Å². The van der Waals surface area contributed by atoms with Crippen molar-refractivity contribution >= 4 is 21.8 Å². The Morgan fingerprint density at radius 3 is 2.46 bits per heavy atom. The zero-order valence-corrected chi connectivity index (χ0v) is 13.9. The van der Waals surface area contributed by atoms with Gasteiger partial charge in [-0.2, -0.15) is 0 Å². The van der Waals surface area contributed by atoms with Gasteiger partial charge in [-0.3, -0.25) is 9.89 Å². The van der Waals surface area contributed by atoms with Crippen molar-refractivity contribution in [3.05, 3.63) is 95.4 Å². The van der Waals surface area contributed by atoms with Gasteiger partial charge in [0.15, 0.2) is 5.65 Å². The molecule has 26 heavy (non-hydrogen) atoms. The minimum atomic E-state index is -0.0965. The highest BCUT2D eigenvalue weighted by Gasteiger charge is 2.12. The lowest BCUT2D eigenvalue weighted by molar-refractivity contribution is 0.858. The molecule has 1 N–H and O–H groups in total. The van der Waals surface area contributed by atoms with E-state index in [1.807, 2.05) is 60.8 Å². The van der Waals surface area contributed by atoms with Gasteiger partial charge < -0.3 is 0 Å². The number of aromatic amines is 1. The van der Waals surface area contributed by atoms with E-state index in [2.05, 4.69) is 34.3 Å². The first kappa shape index (κ1) is 14.7. The number of aromatic nitrogens is 3. The first-order valence-corrected chi connectivity index (χ1v) is 8.45. The van der Waals surface area contributed by atoms with Crippen LogP contribution in [0.4, 0.5) is 0 Å². The number of hydrogen-bond acceptors (Lipinski definition) is 2. The average Bonchev–Trinajstić information content (AvgIpc) is 3.04. The molecule has 4 nitrogen and oxygen atoms in total. The average molecular weight is 337 g/mol. The molecule has 5 aromatic rings. The van der Waals surface area contributed by atoms with Crippen molar-refractivity contribution in [1.82, 2.24) is 14.8 Å². The third-order valence-corrected chi connectivity index (χ3v) is 4.65. The fraction of sp³-hybridized carbons (Fsp3) is 0. The lowest BCUT2D eigenvalue weighted by Gasteiger charge is -2.06. The molecule has 124 valence electrons. The lowest BCUT2D eigenvalue weighted by atomic mass is 9.99. The smallest absolute Gasteiger partial charge is 0.274 e. The van der Waals surface area contributed by atoms with Crippen molar-refractivity contribution in [2.24, 2.45) is 0 Å². The second-order valence-corrected chi connectivity index (χ2v) is 6.23. The second kappa shape index (κ2) is 5.70. The SMILES string of the molecule is O=c1c2cc(-c3cccc4ccccc34)cnc2[nH]n1-c1ccccc1. The number of rotatable bonds is 2. The minimum absolute atomic E-state index is 0.0965. The van der Waals surface area contributed by atoms with E-state index in [1.165, 1.54) is 10.1 Å². The highest BCUT2D eigenvalue weighted by molar-refractivity contribution is 5.97. The number of pyridine rings is 1. The Kier molecular flexibility index (Phi) is 3.22. The zero-order chi connectivity index (χ0) is 17.5. The van der Waals surface area contributed by atoms with Crippen molar-refractivity contribution in [3.63, 3.8) is 0 Å². The van der Waals surface area contributed by atoms with E-state index >= 15 is 0 Å². The normalized spacial score (nSPS) is 11.2. The quantitative estimate of drug-likeness (QED) is 0.514. The van der Waals surface area contributed by atoms with Crippen LogP contribution in [0.2, 0.25) is 0 Å². The van der Waals surface area contributed by atoms with Crippen molar-refractivity contribution in [1.29, 1.82) is 0 Å². The minimum Gasteiger partial charge on any atom is -0.274 e. The predicted octanol–water partition coefficient (Wildman–Crippen LogP) is 4.53. The maximum Gasteiger partial charge on any atom is 0.280 e. The molecule has 0 saturated carbocycles. The van der Waals surface area contributed by atoms with Crippen molar-refractivity contribution < 1.29 is 0 Å². The molecule has 0 aliphatic carbocycles. The van der Waals surface area contributed by atoms with Crippen LogP contribution < -0.4 is 5.56 Å². The third-order valence-electron chi connectivity index (χ3n) is 4.65. The van der Waals surface area contributed by atoms with E-state index in [1.54, 1.807) is 0 Å². The summed E-state index contributed by atoms with van der Waals surface area (Å²) in [6, 6.07) is 25.8. The van der Waals surface area contributed by atoms with Gasteiger partial charge in [0.2, 0.25) is 0 Å².